The zero-order valence-electron chi connectivity index (χ0n) is 9.81. The Bertz CT molecular complexity index is 144. The molecule has 0 aliphatic heterocycles. The Morgan fingerprint density at radius 2 is 1.92 bits per heavy atom. The van der Waals surface area contributed by atoms with Gasteiger partial charge in [0.1, 0.15) is 0 Å². The molecule has 0 bridgehead atoms. The molecule has 0 aliphatic carbocycles. The summed E-state index contributed by atoms with van der Waals surface area (Å²) in [6.45, 7) is 9.76. The SMILES string of the molecule is CC[Si](C)(CCC(C)(C)CN)OC. The molecule has 0 aromatic carbocycles. The fourth-order valence-corrected chi connectivity index (χ4v) is 3.18. The van der Waals surface area contributed by atoms with E-state index in [1.165, 1.54) is 18.5 Å². The van der Waals surface area contributed by atoms with Crippen LogP contribution in [0.1, 0.15) is 27.2 Å². The summed E-state index contributed by atoms with van der Waals surface area (Å²) in [6.07, 6.45) is 1.19. The van der Waals surface area contributed by atoms with Crippen LogP contribution in [0, 0.1) is 5.41 Å². The molecule has 0 fully saturated rings. The van der Waals surface area contributed by atoms with Gasteiger partial charge in [-0.15, -0.1) is 0 Å². The molecule has 1 atom stereocenters. The standard InChI is InChI=1S/C10H25NOSi/c1-6-13(5,12-4)8-7-10(2,3)9-11/h6-9,11H2,1-5H3. The molecule has 80 valence electrons. The lowest BCUT2D eigenvalue weighted by Gasteiger charge is -2.29. The van der Waals surface area contributed by atoms with Gasteiger partial charge in [-0.05, 0) is 37.0 Å². The average molecular weight is 203 g/mol. The Balaban J connectivity index is 3.99. The Morgan fingerprint density at radius 3 is 2.23 bits per heavy atom. The van der Waals surface area contributed by atoms with Crippen molar-refractivity contribution in [3.63, 3.8) is 0 Å². The Labute approximate surface area is 84.0 Å². The second kappa shape index (κ2) is 5.13. The van der Waals surface area contributed by atoms with Crippen LogP contribution in [0.4, 0.5) is 0 Å². The van der Waals surface area contributed by atoms with Crippen molar-refractivity contribution in [3.05, 3.63) is 0 Å². The van der Waals surface area contributed by atoms with Crippen molar-refractivity contribution < 1.29 is 4.43 Å². The molecule has 0 saturated heterocycles. The Hall–Kier alpha value is 0.137. The van der Waals surface area contributed by atoms with E-state index < -0.39 is 8.32 Å². The summed E-state index contributed by atoms with van der Waals surface area (Å²) in [4.78, 5) is 0. The third-order valence-electron chi connectivity index (χ3n) is 3.12. The van der Waals surface area contributed by atoms with E-state index in [-0.39, 0.29) is 5.41 Å². The molecular weight excluding hydrogens is 178 g/mol. The smallest absolute Gasteiger partial charge is 0.188 e. The van der Waals surface area contributed by atoms with E-state index in [4.69, 9.17) is 10.2 Å². The molecule has 3 heteroatoms. The highest BCUT2D eigenvalue weighted by Crippen LogP contribution is 2.27. The topological polar surface area (TPSA) is 35.2 Å². The van der Waals surface area contributed by atoms with Crippen molar-refractivity contribution in [1.29, 1.82) is 0 Å². The summed E-state index contributed by atoms with van der Waals surface area (Å²) < 4.78 is 5.62. The minimum atomic E-state index is -1.38. The van der Waals surface area contributed by atoms with Crippen LogP contribution in [0.15, 0.2) is 0 Å². The lowest BCUT2D eigenvalue weighted by atomic mass is 9.91. The number of rotatable bonds is 6. The molecule has 1 unspecified atom stereocenters. The van der Waals surface area contributed by atoms with E-state index in [9.17, 15) is 0 Å². The first kappa shape index (κ1) is 13.1. The van der Waals surface area contributed by atoms with Crippen LogP contribution in [0.25, 0.3) is 0 Å². The van der Waals surface area contributed by atoms with E-state index in [1.54, 1.807) is 0 Å². The van der Waals surface area contributed by atoms with Crippen molar-refractivity contribution in [2.75, 3.05) is 13.7 Å². The molecule has 2 N–H and O–H groups in total. The fourth-order valence-electron chi connectivity index (χ4n) is 1.13. The largest absolute Gasteiger partial charge is 0.420 e. The van der Waals surface area contributed by atoms with Gasteiger partial charge in [0.15, 0.2) is 8.32 Å². The highest BCUT2D eigenvalue weighted by atomic mass is 28.4. The Kier molecular flexibility index (Phi) is 5.18. The normalized spacial score (nSPS) is 17.1. The maximum atomic E-state index is 5.69. The van der Waals surface area contributed by atoms with Gasteiger partial charge in [0.2, 0.25) is 0 Å². The van der Waals surface area contributed by atoms with Crippen LogP contribution in [0.2, 0.25) is 18.6 Å². The van der Waals surface area contributed by atoms with Crippen molar-refractivity contribution in [1.82, 2.24) is 0 Å². The lowest BCUT2D eigenvalue weighted by Crippen LogP contribution is -2.35. The van der Waals surface area contributed by atoms with Crippen molar-refractivity contribution in [2.45, 2.75) is 45.8 Å². The molecular formula is C10H25NOSi. The van der Waals surface area contributed by atoms with Gasteiger partial charge in [0.25, 0.3) is 0 Å². The number of nitrogens with two attached hydrogens (primary N) is 1. The summed E-state index contributed by atoms with van der Waals surface area (Å²) in [7, 11) is 0.473. The molecule has 0 saturated carbocycles. The van der Waals surface area contributed by atoms with Gasteiger partial charge in [-0.25, -0.2) is 0 Å². The first-order valence-electron chi connectivity index (χ1n) is 5.14. The van der Waals surface area contributed by atoms with Crippen LogP contribution < -0.4 is 5.73 Å². The molecule has 0 aromatic heterocycles. The second-order valence-corrected chi connectivity index (χ2v) is 9.39. The first-order valence-corrected chi connectivity index (χ1v) is 7.96. The monoisotopic (exact) mass is 203 g/mol. The summed E-state index contributed by atoms with van der Waals surface area (Å²) in [5.74, 6) is 0. The molecule has 13 heavy (non-hydrogen) atoms. The molecule has 0 heterocycles. The highest BCUT2D eigenvalue weighted by Gasteiger charge is 2.28. The van der Waals surface area contributed by atoms with E-state index in [2.05, 4.69) is 27.3 Å². The third-order valence-corrected chi connectivity index (χ3v) is 6.91. The molecule has 0 rings (SSSR count). The Morgan fingerprint density at radius 1 is 1.38 bits per heavy atom. The molecule has 0 radical (unpaired) electrons. The maximum Gasteiger partial charge on any atom is 0.188 e. The van der Waals surface area contributed by atoms with Gasteiger partial charge in [0, 0.05) is 7.11 Å². The van der Waals surface area contributed by atoms with E-state index in [0.29, 0.717) is 0 Å². The van der Waals surface area contributed by atoms with Gasteiger partial charge in [-0.3, -0.25) is 0 Å². The molecule has 2 nitrogen and oxygen atoms in total. The second-order valence-electron chi connectivity index (χ2n) is 4.88. The summed E-state index contributed by atoms with van der Waals surface area (Å²) >= 11 is 0. The molecule has 0 aromatic rings. The minimum Gasteiger partial charge on any atom is -0.420 e. The van der Waals surface area contributed by atoms with Crippen molar-refractivity contribution in [3.8, 4) is 0 Å². The van der Waals surface area contributed by atoms with Crippen molar-refractivity contribution in [2.24, 2.45) is 11.1 Å². The fraction of sp³-hybridized carbons (Fsp3) is 1.00. The summed E-state index contributed by atoms with van der Waals surface area (Å²) in [6, 6.07) is 2.42. The van der Waals surface area contributed by atoms with Gasteiger partial charge >= 0.3 is 0 Å². The molecule has 0 aliphatic rings. The zero-order chi connectivity index (χ0) is 10.5. The average Bonchev–Trinajstić information content (AvgIpc) is 2.14. The minimum absolute atomic E-state index is 0.280. The summed E-state index contributed by atoms with van der Waals surface area (Å²) in [5.41, 5.74) is 5.97. The van der Waals surface area contributed by atoms with Gasteiger partial charge in [-0.2, -0.15) is 0 Å². The van der Waals surface area contributed by atoms with Crippen LogP contribution >= 0.6 is 0 Å². The lowest BCUT2D eigenvalue weighted by molar-refractivity contribution is 0.341. The summed E-state index contributed by atoms with van der Waals surface area (Å²) in [5, 5.41) is 0. The van der Waals surface area contributed by atoms with Crippen molar-refractivity contribution >= 4 is 8.32 Å². The van der Waals surface area contributed by atoms with E-state index in [1.807, 2.05) is 7.11 Å². The van der Waals surface area contributed by atoms with E-state index >= 15 is 0 Å². The third kappa shape index (κ3) is 4.79. The predicted octanol–water partition coefficient (Wildman–Crippen LogP) is 2.60. The highest BCUT2D eigenvalue weighted by molar-refractivity contribution is 6.72. The van der Waals surface area contributed by atoms with E-state index in [0.717, 1.165) is 6.54 Å². The first-order chi connectivity index (χ1) is 5.89. The van der Waals surface area contributed by atoms with Gasteiger partial charge in [-0.1, -0.05) is 20.8 Å². The predicted molar refractivity (Wildman–Crippen MR) is 61.4 cm³/mol. The van der Waals surface area contributed by atoms with Crippen LogP contribution in [0.5, 0.6) is 0 Å². The molecule has 0 amide bonds. The maximum absolute atomic E-state index is 5.69. The number of hydrogen-bond donors (Lipinski definition) is 1. The van der Waals surface area contributed by atoms with Crippen LogP contribution in [-0.2, 0) is 4.43 Å². The van der Waals surface area contributed by atoms with Gasteiger partial charge in [0.05, 0.1) is 0 Å². The molecule has 0 spiro atoms. The van der Waals surface area contributed by atoms with Crippen LogP contribution in [0.3, 0.4) is 0 Å². The number of hydrogen-bond acceptors (Lipinski definition) is 2. The quantitative estimate of drug-likeness (QED) is 0.674. The zero-order valence-corrected chi connectivity index (χ0v) is 10.8. The van der Waals surface area contributed by atoms with Gasteiger partial charge < -0.3 is 10.2 Å². The van der Waals surface area contributed by atoms with Crippen LogP contribution in [-0.4, -0.2) is 22.0 Å².